The highest BCUT2D eigenvalue weighted by Gasteiger charge is 2.21. The van der Waals surface area contributed by atoms with Gasteiger partial charge in [-0.25, -0.2) is 0 Å². The van der Waals surface area contributed by atoms with Gasteiger partial charge in [0.15, 0.2) is 0 Å². The van der Waals surface area contributed by atoms with Crippen LogP contribution in [0.3, 0.4) is 0 Å². The van der Waals surface area contributed by atoms with Crippen LogP contribution in [-0.2, 0) is 17.7 Å². The Kier molecular flexibility index (Phi) is 2.87. The van der Waals surface area contributed by atoms with Crippen molar-refractivity contribution in [2.75, 3.05) is 0 Å². The SMILES string of the molecule is Cc1cc2n(c1C)CCC(OC(C)C)C2. The Morgan fingerprint density at radius 1 is 1.40 bits per heavy atom. The molecule has 1 aliphatic rings. The van der Waals surface area contributed by atoms with Gasteiger partial charge in [-0.2, -0.15) is 0 Å². The van der Waals surface area contributed by atoms with E-state index in [0.29, 0.717) is 12.2 Å². The number of aromatic nitrogens is 1. The summed E-state index contributed by atoms with van der Waals surface area (Å²) in [5, 5.41) is 0. The summed E-state index contributed by atoms with van der Waals surface area (Å²) in [6.45, 7) is 9.75. The molecule has 0 amide bonds. The van der Waals surface area contributed by atoms with Crippen LogP contribution in [0.25, 0.3) is 0 Å². The van der Waals surface area contributed by atoms with Crippen LogP contribution in [-0.4, -0.2) is 16.8 Å². The molecule has 1 unspecified atom stereocenters. The minimum Gasteiger partial charge on any atom is -0.375 e. The maximum atomic E-state index is 5.88. The maximum absolute atomic E-state index is 5.88. The van der Waals surface area contributed by atoms with Crippen molar-refractivity contribution < 1.29 is 4.74 Å². The second-order valence-electron chi connectivity index (χ2n) is 4.86. The summed E-state index contributed by atoms with van der Waals surface area (Å²) >= 11 is 0. The second kappa shape index (κ2) is 4.01. The molecule has 0 fully saturated rings. The topological polar surface area (TPSA) is 14.2 Å². The van der Waals surface area contributed by atoms with Crippen LogP contribution in [0, 0.1) is 13.8 Å². The van der Waals surface area contributed by atoms with Gasteiger partial charge in [-0.15, -0.1) is 0 Å². The summed E-state index contributed by atoms with van der Waals surface area (Å²) in [7, 11) is 0. The molecule has 0 aliphatic carbocycles. The Hall–Kier alpha value is -0.760. The molecule has 2 heteroatoms. The Morgan fingerprint density at radius 3 is 2.80 bits per heavy atom. The molecule has 84 valence electrons. The second-order valence-corrected chi connectivity index (χ2v) is 4.86. The lowest BCUT2D eigenvalue weighted by Gasteiger charge is -2.27. The summed E-state index contributed by atoms with van der Waals surface area (Å²) in [6.07, 6.45) is 3.00. The Balaban J connectivity index is 2.13. The minimum atomic E-state index is 0.346. The predicted molar refractivity (Wildman–Crippen MR) is 62.2 cm³/mol. The summed E-state index contributed by atoms with van der Waals surface area (Å²) in [5.74, 6) is 0. The van der Waals surface area contributed by atoms with E-state index in [1.54, 1.807) is 0 Å². The fourth-order valence-corrected chi connectivity index (χ4v) is 2.45. The fraction of sp³-hybridized carbons (Fsp3) is 0.692. The lowest BCUT2D eigenvalue weighted by atomic mass is 10.1. The van der Waals surface area contributed by atoms with Crippen molar-refractivity contribution in [1.29, 1.82) is 0 Å². The third kappa shape index (κ3) is 2.10. The Morgan fingerprint density at radius 2 is 2.13 bits per heavy atom. The van der Waals surface area contributed by atoms with E-state index < -0.39 is 0 Å². The third-order valence-electron chi connectivity index (χ3n) is 3.28. The van der Waals surface area contributed by atoms with Gasteiger partial charge >= 0.3 is 0 Å². The highest BCUT2D eigenvalue weighted by Crippen LogP contribution is 2.24. The van der Waals surface area contributed by atoms with Gasteiger partial charge in [0.2, 0.25) is 0 Å². The number of fused-ring (bicyclic) bond motifs is 1. The van der Waals surface area contributed by atoms with Gasteiger partial charge in [-0.05, 0) is 45.7 Å². The first-order valence-corrected chi connectivity index (χ1v) is 5.89. The fourth-order valence-electron chi connectivity index (χ4n) is 2.45. The van der Waals surface area contributed by atoms with Crippen LogP contribution < -0.4 is 0 Å². The van der Waals surface area contributed by atoms with Crippen molar-refractivity contribution in [1.82, 2.24) is 4.57 Å². The number of hydrogen-bond donors (Lipinski definition) is 0. The van der Waals surface area contributed by atoms with Gasteiger partial charge in [0.25, 0.3) is 0 Å². The molecule has 15 heavy (non-hydrogen) atoms. The molecule has 0 spiro atoms. The Bertz CT molecular complexity index is 352. The average molecular weight is 207 g/mol. The van der Waals surface area contributed by atoms with E-state index in [0.717, 1.165) is 19.4 Å². The summed E-state index contributed by atoms with van der Waals surface area (Å²) in [4.78, 5) is 0. The number of aryl methyl sites for hydroxylation is 1. The first kappa shape index (κ1) is 10.7. The van der Waals surface area contributed by atoms with Crippen LogP contribution in [0.2, 0.25) is 0 Å². The normalized spacial score (nSPS) is 20.7. The van der Waals surface area contributed by atoms with Crippen LogP contribution in [0.1, 0.15) is 37.2 Å². The molecule has 1 atom stereocenters. The largest absolute Gasteiger partial charge is 0.375 e. The zero-order valence-electron chi connectivity index (χ0n) is 10.2. The first-order chi connectivity index (χ1) is 7.08. The van der Waals surface area contributed by atoms with Crippen LogP contribution in [0.15, 0.2) is 6.07 Å². The zero-order chi connectivity index (χ0) is 11.0. The molecular formula is C13H21NO. The van der Waals surface area contributed by atoms with Gasteiger partial charge in [0.1, 0.15) is 0 Å². The van der Waals surface area contributed by atoms with E-state index in [9.17, 15) is 0 Å². The molecule has 1 aromatic heterocycles. The van der Waals surface area contributed by atoms with Gasteiger partial charge in [-0.3, -0.25) is 0 Å². The maximum Gasteiger partial charge on any atom is 0.0650 e. The van der Waals surface area contributed by atoms with Gasteiger partial charge in [0.05, 0.1) is 12.2 Å². The predicted octanol–water partition coefficient (Wildman–Crippen LogP) is 2.84. The Labute approximate surface area is 92.2 Å². The minimum absolute atomic E-state index is 0.346. The number of ether oxygens (including phenoxy) is 1. The number of rotatable bonds is 2. The highest BCUT2D eigenvalue weighted by molar-refractivity contribution is 5.27. The van der Waals surface area contributed by atoms with E-state index in [4.69, 9.17) is 4.74 Å². The highest BCUT2D eigenvalue weighted by atomic mass is 16.5. The molecule has 0 radical (unpaired) electrons. The first-order valence-electron chi connectivity index (χ1n) is 5.89. The van der Waals surface area contributed by atoms with Crippen molar-refractivity contribution in [3.8, 4) is 0 Å². The molecule has 0 saturated heterocycles. The summed E-state index contributed by atoms with van der Waals surface area (Å²) in [5.41, 5.74) is 4.28. The molecule has 0 saturated carbocycles. The molecule has 2 rings (SSSR count). The average Bonchev–Trinajstić information content (AvgIpc) is 2.41. The van der Waals surface area contributed by atoms with E-state index in [1.807, 2.05) is 0 Å². The number of nitrogens with zero attached hydrogens (tertiary/aromatic N) is 1. The van der Waals surface area contributed by atoms with Gasteiger partial charge in [-0.1, -0.05) is 0 Å². The van der Waals surface area contributed by atoms with Crippen molar-refractivity contribution >= 4 is 0 Å². The molecule has 2 heterocycles. The molecule has 2 nitrogen and oxygen atoms in total. The number of hydrogen-bond acceptors (Lipinski definition) is 1. The van der Waals surface area contributed by atoms with E-state index in [2.05, 4.69) is 38.3 Å². The van der Waals surface area contributed by atoms with Crippen LogP contribution in [0.5, 0.6) is 0 Å². The van der Waals surface area contributed by atoms with Crippen molar-refractivity contribution in [3.05, 3.63) is 23.0 Å². The molecule has 1 aromatic rings. The van der Waals surface area contributed by atoms with E-state index in [-0.39, 0.29) is 0 Å². The third-order valence-corrected chi connectivity index (χ3v) is 3.28. The van der Waals surface area contributed by atoms with E-state index >= 15 is 0 Å². The summed E-state index contributed by atoms with van der Waals surface area (Å²) < 4.78 is 8.32. The lowest BCUT2D eigenvalue weighted by molar-refractivity contribution is -0.00524. The van der Waals surface area contributed by atoms with Crippen LogP contribution >= 0.6 is 0 Å². The van der Waals surface area contributed by atoms with Crippen molar-refractivity contribution in [2.45, 2.75) is 59.3 Å². The molecule has 0 bridgehead atoms. The zero-order valence-corrected chi connectivity index (χ0v) is 10.2. The lowest BCUT2D eigenvalue weighted by Crippen LogP contribution is -2.28. The molecule has 0 aromatic carbocycles. The standard InChI is InChI=1S/C13H21NO/c1-9(2)15-13-5-6-14-11(4)10(3)7-12(14)8-13/h7,9,13H,5-6,8H2,1-4H3. The van der Waals surface area contributed by atoms with E-state index in [1.165, 1.54) is 17.0 Å². The quantitative estimate of drug-likeness (QED) is 0.727. The summed E-state index contributed by atoms with van der Waals surface area (Å²) in [6, 6.07) is 2.31. The van der Waals surface area contributed by atoms with Gasteiger partial charge in [0, 0.05) is 24.4 Å². The van der Waals surface area contributed by atoms with Crippen molar-refractivity contribution in [2.24, 2.45) is 0 Å². The monoisotopic (exact) mass is 207 g/mol. The molecular weight excluding hydrogens is 186 g/mol. The van der Waals surface area contributed by atoms with Gasteiger partial charge < -0.3 is 9.30 Å². The molecule has 0 N–H and O–H groups in total. The van der Waals surface area contributed by atoms with Crippen molar-refractivity contribution in [3.63, 3.8) is 0 Å². The molecule has 1 aliphatic heterocycles. The smallest absolute Gasteiger partial charge is 0.0650 e. The van der Waals surface area contributed by atoms with Crippen LogP contribution in [0.4, 0.5) is 0 Å².